The fourth-order valence-corrected chi connectivity index (χ4v) is 0.582. The number of nitrogens with one attached hydrogen (secondary N) is 3. The van der Waals surface area contributed by atoms with E-state index in [0.29, 0.717) is 0 Å². The highest BCUT2D eigenvalue weighted by molar-refractivity contribution is 6.65. The second-order valence-corrected chi connectivity index (χ2v) is 2.24. The minimum atomic E-state index is -1.31. The summed E-state index contributed by atoms with van der Waals surface area (Å²) in [6.45, 7) is 0. The Morgan fingerprint density at radius 1 is 0.923 bits per heavy atom. The Morgan fingerprint density at radius 3 is 1.31 bits per heavy atom. The lowest BCUT2D eigenvalue weighted by molar-refractivity contribution is -0.147. The Labute approximate surface area is 77.1 Å². The van der Waals surface area contributed by atoms with E-state index in [0.717, 1.165) is 22.6 Å². The molecular weight excluding hydrogens is 174 g/mol. The lowest BCUT2D eigenvalue weighted by Gasteiger charge is -2.08. The lowest BCUT2D eigenvalue weighted by atomic mass is 9.85. The Hall–Kier alpha value is -0.985. The highest BCUT2D eigenvalue weighted by atomic mass is 16.4. The summed E-state index contributed by atoms with van der Waals surface area (Å²) in [6, 6.07) is 0. The predicted octanol–water partition coefficient (Wildman–Crippen LogP) is -3.89. The molecule has 0 spiro atoms. The molecule has 5 N–H and O–H groups in total. The van der Waals surface area contributed by atoms with Crippen molar-refractivity contribution >= 4 is 34.6 Å². The number of carboxylic acid groups (broad SMARTS) is 2. The molecule has 1 aliphatic rings. The van der Waals surface area contributed by atoms with Crippen LogP contribution in [0.5, 0.6) is 0 Å². The second kappa shape index (κ2) is 7.65. The maximum atomic E-state index is 9.43. The smallest absolute Gasteiger partial charge is 0.314 e. The summed E-state index contributed by atoms with van der Waals surface area (Å²) in [4.78, 5) is 18.9. The van der Waals surface area contributed by atoms with Crippen molar-refractivity contribution in [3.05, 3.63) is 0 Å². The molecule has 10 heteroatoms. The van der Waals surface area contributed by atoms with Gasteiger partial charge in [0, 0.05) is 0 Å². The molecule has 0 unspecified atom stereocenters. The first-order valence-corrected chi connectivity index (χ1v) is 3.68. The molecule has 1 heterocycles. The molecule has 0 saturated carbocycles. The standard InChI is InChI=1S/C3H4O4.B3H6N3/c4-2(5)1-3(6)7;1-4-2-6-3-5-1/h1H2,(H,4,5)(H,6,7);1-6H. The predicted molar refractivity (Wildman–Crippen MR) is 50.7 cm³/mol. The van der Waals surface area contributed by atoms with Gasteiger partial charge in [-0.25, -0.2) is 0 Å². The Bertz CT molecular complexity index is 152. The Kier molecular flexibility index (Phi) is 7.07. The van der Waals surface area contributed by atoms with E-state index in [9.17, 15) is 9.59 Å². The highest BCUT2D eigenvalue weighted by Crippen LogP contribution is 1.74. The van der Waals surface area contributed by atoms with Crippen molar-refractivity contribution in [1.29, 1.82) is 0 Å². The molecular formula is C3H10B3N3O4. The molecule has 0 atom stereocenters. The van der Waals surface area contributed by atoms with Crippen LogP contribution in [0.1, 0.15) is 6.42 Å². The van der Waals surface area contributed by atoms with Crippen LogP contribution in [0.15, 0.2) is 0 Å². The molecule has 0 radical (unpaired) electrons. The van der Waals surface area contributed by atoms with Gasteiger partial charge < -0.3 is 25.6 Å². The van der Waals surface area contributed by atoms with E-state index in [2.05, 4.69) is 15.4 Å². The monoisotopic (exact) mass is 185 g/mol. The second-order valence-electron chi connectivity index (χ2n) is 2.24. The van der Waals surface area contributed by atoms with E-state index in [1.807, 2.05) is 0 Å². The van der Waals surface area contributed by atoms with Crippen LogP contribution in [0.4, 0.5) is 0 Å². The molecule has 13 heavy (non-hydrogen) atoms. The Morgan fingerprint density at radius 2 is 1.23 bits per heavy atom. The SMILES string of the molecule is B1NBNBN1.O=C(O)CC(=O)O. The van der Waals surface area contributed by atoms with Gasteiger partial charge in [-0.1, -0.05) is 0 Å². The molecule has 7 nitrogen and oxygen atoms in total. The van der Waals surface area contributed by atoms with E-state index in [1.54, 1.807) is 0 Å². The van der Waals surface area contributed by atoms with Gasteiger partial charge in [0.1, 0.15) is 6.42 Å². The highest BCUT2D eigenvalue weighted by Gasteiger charge is 2.01. The number of hydrogen-bond acceptors (Lipinski definition) is 5. The summed E-state index contributed by atoms with van der Waals surface area (Å²) >= 11 is 0. The fourth-order valence-electron chi connectivity index (χ4n) is 0.582. The maximum Gasteiger partial charge on any atom is 0.314 e. The summed E-state index contributed by atoms with van der Waals surface area (Å²) < 4.78 is 0. The van der Waals surface area contributed by atoms with E-state index in [-0.39, 0.29) is 0 Å². The van der Waals surface area contributed by atoms with Crippen LogP contribution in [0.3, 0.4) is 0 Å². The zero-order chi connectivity index (χ0) is 10.1. The van der Waals surface area contributed by atoms with Crippen molar-refractivity contribution in [3.8, 4) is 0 Å². The van der Waals surface area contributed by atoms with Crippen molar-refractivity contribution in [1.82, 2.24) is 15.4 Å². The number of aliphatic carboxylic acids is 2. The van der Waals surface area contributed by atoms with Crippen LogP contribution in [0.2, 0.25) is 0 Å². The molecule has 70 valence electrons. The van der Waals surface area contributed by atoms with E-state index in [1.165, 1.54) is 0 Å². The van der Waals surface area contributed by atoms with E-state index >= 15 is 0 Å². The lowest BCUT2D eigenvalue weighted by Crippen LogP contribution is -2.55. The fraction of sp³-hybridized carbons (Fsp3) is 0.333. The number of carboxylic acids is 2. The summed E-state index contributed by atoms with van der Waals surface area (Å²) in [6.07, 6.45) is -0.806. The molecule has 0 amide bonds. The third-order valence-electron chi connectivity index (χ3n) is 1.05. The van der Waals surface area contributed by atoms with Crippen molar-refractivity contribution in [2.45, 2.75) is 6.42 Å². The van der Waals surface area contributed by atoms with Gasteiger partial charge in [-0.15, -0.1) is 0 Å². The molecule has 0 aromatic rings. The van der Waals surface area contributed by atoms with Crippen molar-refractivity contribution in [3.63, 3.8) is 0 Å². The molecule has 1 rings (SSSR count). The van der Waals surface area contributed by atoms with E-state index in [4.69, 9.17) is 10.2 Å². The maximum absolute atomic E-state index is 9.43. The third-order valence-corrected chi connectivity index (χ3v) is 1.05. The zero-order valence-corrected chi connectivity index (χ0v) is 7.04. The Balaban J connectivity index is 0.000000223. The van der Waals surface area contributed by atoms with Crippen LogP contribution in [0.25, 0.3) is 0 Å². The van der Waals surface area contributed by atoms with Crippen molar-refractivity contribution in [2.24, 2.45) is 0 Å². The van der Waals surface area contributed by atoms with Crippen LogP contribution < -0.4 is 15.4 Å². The first-order chi connectivity index (χ1) is 6.13. The molecule has 0 aromatic carbocycles. The molecule has 1 aliphatic heterocycles. The van der Waals surface area contributed by atoms with Crippen LogP contribution in [0, 0.1) is 0 Å². The zero-order valence-electron chi connectivity index (χ0n) is 7.04. The largest absolute Gasteiger partial charge is 0.481 e. The van der Waals surface area contributed by atoms with Gasteiger partial charge in [0.15, 0.2) is 0 Å². The van der Waals surface area contributed by atoms with Crippen molar-refractivity contribution < 1.29 is 19.8 Å². The van der Waals surface area contributed by atoms with Crippen LogP contribution in [-0.4, -0.2) is 44.8 Å². The molecule has 0 aliphatic carbocycles. The topological polar surface area (TPSA) is 111 Å². The van der Waals surface area contributed by atoms with Crippen LogP contribution >= 0.6 is 0 Å². The first-order valence-electron chi connectivity index (χ1n) is 3.68. The van der Waals surface area contributed by atoms with Gasteiger partial charge in [0.05, 0.1) is 0 Å². The summed E-state index contributed by atoms with van der Waals surface area (Å²) in [5.41, 5.74) is 0. The summed E-state index contributed by atoms with van der Waals surface area (Å²) in [7, 11) is 2.81. The average Bonchev–Trinajstić information content (AvgIpc) is 2.06. The van der Waals surface area contributed by atoms with Gasteiger partial charge in [0.2, 0.25) is 0 Å². The summed E-state index contributed by atoms with van der Waals surface area (Å²) in [5.74, 6) is -2.62. The molecule has 1 fully saturated rings. The summed E-state index contributed by atoms with van der Waals surface area (Å²) in [5, 5.41) is 24.6. The minimum absolute atomic E-state index is 0.806. The number of rotatable bonds is 2. The van der Waals surface area contributed by atoms with E-state index < -0.39 is 18.4 Å². The molecule has 1 saturated heterocycles. The van der Waals surface area contributed by atoms with Gasteiger partial charge in [-0.2, -0.15) is 0 Å². The van der Waals surface area contributed by atoms with Gasteiger partial charge in [-0.05, 0) is 0 Å². The normalized spacial score (nSPS) is 13.5. The third kappa shape index (κ3) is 11.0. The molecule has 0 bridgehead atoms. The minimum Gasteiger partial charge on any atom is -0.481 e. The molecule has 0 aromatic heterocycles. The van der Waals surface area contributed by atoms with Gasteiger partial charge in [0.25, 0.3) is 22.6 Å². The van der Waals surface area contributed by atoms with Gasteiger partial charge in [-0.3, -0.25) is 9.59 Å². The quantitative estimate of drug-likeness (QED) is 0.221. The van der Waals surface area contributed by atoms with Crippen LogP contribution in [-0.2, 0) is 9.59 Å². The van der Waals surface area contributed by atoms with Crippen molar-refractivity contribution in [2.75, 3.05) is 0 Å². The van der Waals surface area contributed by atoms with Gasteiger partial charge >= 0.3 is 11.9 Å². The number of hydrogen-bond donors (Lipinski definition) is 5. The number of carbonyl (C=O) groups is 2. The first kappa shape index (κ1) is 12.0. The average molecular weight is 185 g/mol.